The Morgan fingerprint density at radius 2 is 2.21 bits per heavy atom. The summed E-state index contributed by atoms with van der Waals surface area (Å²) in [7, 11) is 0. The molecule has 1 fully saturated rings. The highest BCUT2D eigenvalue weighted by Gasteiger charge is 2.37. The van der Waals surface area contributed by atoms with Crippen LogP contribution in [0.3, 0.4) is 0 Å². The van der Waals surface area contributed by atoms with E-state index in [0.717, 1.165) is 10.9 Å². The highest BCUT2D eigenvalue weighted by molar-refractivity contribution is 9.10. The first kappa shape index (κ1) is 14.7. The molecule has 1 aromatic carbocycles. The van der Waals surface area contributed by atoms with E-state index in [4.69, 9.17) is 0 Å². The summed E-state index contributed by atoms with van der Waals surface area (Å²) in [6, 6.07) is 6.07. The summed E-state index contributed by atoms with van der Waals surface area (Å²) >= 11 is 3.50. The Morgan fingerprint density at radius 3 is 2.89 bits per heavy atom. The number of halogens is 3. The topological polar surface area (TPSA) is 3.24 Å². The van der Waals surface area contributed by atoms with E-state index in [1.807, 2.05) is 17.0 Å². The van der Waals surface area contributed by atoms with E-state index in [9.17, 15) is 8.78 Å². The van der Waals surface area contributed by atoms with E-state index in [1.54, 1.807) is 0 Å². The fourth-order valence-electron chi connectivity index (χ4n) is 2.27. The molecule has 0 saturated carbocycles. The molecular weight excluding hydrogens is 312 g/mol. The van der Waals surface area contributed by atoms with Gasteiger partial charge in [-0.2, -0.15) is 0 Å². The summed E-state index contributed by atoms with van der Waals surface area (Å²) in [5.74, 6) is -2.48. The lowest BCUT2D eigenvalue weighted by Crippen LogP contribution is -2.25. The molecule has 1 saturated heterocycles. The van der Waals surface area contributed by atoms with Crippen molar-refractivity contribution in [2.45, 2.75) is 25.7 Å². The Balaban J connectivity index is 1.83. The summed E-state index contributed by atoms with van der Waals surface area (Å²) < 4.78 is 27.1. The molecule has 1 aromatic rings. The third-order valence-corrected chi connectivity index (χ3v) is 4.33. The van der Waals surface area contributed by atoms with Gasteiger partial charge in [0, 0.05) is 24.0 Å². The Morgan fingerprint density at radius 1 is 1.42 bits per heavy atom. The minimum atomic E-state index is -2.48. The molecule has 0 N–H and O–H groups in total. The number of likely N-dealkylation sites (tertiary alicyclic amines) is 1. The maximum absolute atomic E-state index is 13.0. The molecule has 0 bridgehead atoms. The zero-order chi connectivity index (χ0) is 13.9. The van der Waals surface area contributed by atoms with Gasteiger partial charge in [-0.15, -0.1) is 0 Å². The second kappa shape index (κ2) is 6.14. The van der Waals surface area contributed by atoms with Gasteiger partial charge >= 0.3 is 0 Å². The van der Waals surface area contributed by atoms with Crippen molar-refractivity contribution < 1.29 is 8.78 Å². The van der Waals surface area contributed by atoms with Crippen LogP contribution in [0, 0.1) is 6.92 Å². The molecule has 0 radical (unpaired) electrons. The zero-order valence-corrected chi connectivity index (χ0v) is 12.6. The molecule has 0 spiro atoms. The average molecular weight is 330 g/mol. The van der Waals surface area contributed by atoms with Gasteiger partial charge < -0.3 is 0 Å². The van der Waals surface area contributed by atoms with Gasteiger partial charge in [-0.3, -0.25) is 4.90 Å². The molecule has 0 aliphatic carbocycles. The third kappa shape index (κ3) is 4.11. The molecule has 2 rings (SSSR count). The first-order valence-corrected chi connectivity index (χ1v) is 7.29. The van der Waals surface area contributed by atoms with Crippen molar-refractivity contribution in [3.63, 3.8) is 0 Å². The van der Waals surface area contributed by atoms with Crippen LogP contribution < -0.4 is 0 Å². The van der Waals surface area contributed by atoms with Crippen LogP contribution in [0.1, 0.15) is 24.0 Å². The van der Waals surface area contributed by atoms with E-state index < -0.39 is 5.92 Å². The maximum Gasteiger partial charge on any atom is 0.261 e. The Kier molecular flexibility index (Phi) is 4.74. The lowest BCUT2D eigenvalue weighted by atomic mass is 10.1. The second-order valence-electron chi connectivity index (χ2n) is 5.03. The minimum Gasteiger partial charge on any atom is -0.297 e. The SMILES string of the molecule is Cc1c(Br)cccc1/C=C/CCN1CCC(F)(F)C1. The van der Waals surface area contributed by atoms with Crippen molar-refractivity contribution in [1.82, 2.24) is 4.90 Å². The average Bonchev–Trinajstić information content (AvgIpc) is 2.69. The maximum atomic E-state index is 13.0. The standard InChI is InChI=1S/C15H18BrF2N/c1-12-13(6-4-7-14(12)16)5-2-3-9-19-10-8-15(17,18)11-19/h2,4-7H,3,8-11H2,1H3/b5-2+. The third-order valence-electron chi connectivity index (χ3n) is 3.47. The van der Waals surface area contributed by atoms with E-state index >= 15 is 0 Å². The van der Waals surface area contributed by atoms with Crippen LogP contribution in [0.15, 0.2) is 28.7 Å². The molecule has 0 aromatic heterocycles. The molecule has 4 heteroatoms. The highest BCUT2D eigenvalue weighted by atomic mass is 79.9. The van der Waals surface area contributed by atoms with Gasteiger partial charge in [-0.1, -0.05) is 40.2 Å². The van der Waals surface area contributed by atoms with Crippen molar-refractivity contribution in [2.75, 3.05) is 19.6 Å². The number of rotatable bonds is 4. The lowest BCUT2D eigenvalue weighted by molar-refractivity contribution is 0.0124. The van der Waals surface area contributed by atoms with Crippen molar-refractivity contribution >= 4 is 22.0 Å². The van der Waals surface area contributed by atoms with Crippen LogP contribution in [0.4, 0.5) is 8.78 Å². The fourth-order valence-corrected chi connectivity index (χ4v) is 2.65. The van der Waals surface area contributed by atoms with Crippen molar-refractivity contribution in [1.29, 1.82) is 0 Å². The Hall–Kier alpha value is -0.740. The van der Waals surface area contributed by atoms with Crippen molar-refractivity contribution in [3.8, 4) is 0 Å². The summed E-state index contributed by atoms with van der Waals surface area (Å²) in [6.07, 6.45) is 4.93. The lowest BCUT2D eigenvalue weighted by Gasteiger charge is -2.13. The molecule has 0 amide bonds. The molecule has 104 valence electrons. The van der Waals surface area contributed by atoms with Crippen LogP contribution >= 0.6 is 15.9 Å². The van der Waals surface area contributed by atoms with Crippen LogP contribution in [-0.2, 0) is 0 Å². The molecule has 0 atom stereocenters. The predicted octanol–water partition coefficient (Wildman–Crippen LogP) is 4.50. The highest BCUT2D eigenvalue weighted by Crippen LogP contribution is 2.26. The number of hydrogen-bond acceptors (Lipinski definition) is 1. The van der Waals surface area contributed by atoms with E-state index in [1.165, 1.54) is 11.1 Å². The Labute approximate surface area is 121 Å². The largest absolute Gasteiger partial charge is 0.297 e. The molecule has 0 unspecified atom stereocenters. The van der Waals surface area contributed by atoms with Gasteiger partial charge in [-0.05, 0) is 30.5 Å². The second-order valence-corrected chi connectivity index (χ2v) is 5.88. The van der Waals surface area contributed by atoms with Gasteiger partial charge in [0.15, 0.2) is 0 Å². The molecule has 1 heterocycles. The summed E-state index contributed by atoms with van der Waals surface area (Å²) in [6.45, 7) is 3.19. The van der Waals surface area contributed by atoms with Gasteiger partial charge in [0.25, 0.3) is 5.92 Å². The summed E-state index contributed by atoms with van der Waals surface area (Å²) in [4.78, 5) is 1.83. The van der Waals surface area contributed by atoms with Gasteiger partial charge in [-0.25, -0.2) is 8.78 Å². The molecule has 1 aliphatic rings. The van der Waals surface area contributed by atoms with E-state index in [2.05, 4.69) is 41.1 Å². The smallest absolute Gasteiger partial charge is 0.261 e. The number of nitrogens with zero attached hydrogens (tertiary/aromatic N) is 1. The molecule has 19 heavy (non-hydrogen) atoms. The van der Waals surface area contributed by atoms with Gasteiger partial charge in [0.2, 0.25) is 0 Å². The van der Waals surface area contributed by atoms with E-state index in [0.29, 0.717) is 13.1 Å². The number of alkyl halides is 2. The molecule has 1 aliphatic heterocycles. The quantitative estimate of drug-likeness (QED) is 0.786. The molecular formula is C15H18BrF2N. The molecule has 1 nitrogen and oxygen atoms in total. The monoisotopic (exact) mass is 329 g/mol. The Bertz CT molecular complexity index is 471. The van der Waals surface area contributed by atoms with Crippen LogP contribution in [0.5, 0.6) is 0 Å². The first-order valence-electron chi connectivity index (χ1n) is 6.50. The predicted molar refractivity (Wildman–Crippen MR) is 78.5 cm³/mol. The van der Waals surface area contributed by atoms with Gasteiger partial charge in [0.05, 0.1) is 6.54 Å². The van der Waals surface area contributed by atoms with Crippen LogP contribution in [0.2, 0.25) is 0 Å². The first-order chi connectivity index (χ1) is 8.98. The van der Waals surface area contributed by atoms with Crippen molar-refractivity contribution in [2.24, 2.45) is 0 Å². The van der Waals surface area contributed by atoms with Crippen LogP contribution in [-0.4, -0.2) is 30.5 Å². The zero-order valence-electron chi connectivity index (χ0n) is 11.0. The minimum absolute atomic E-state index is 0.00144. The van der Waals surface area contributed by atoms with Crippen molar-refractivity contribution in [3.05, 3.63) is 39.9 Å². The summed E-state index contributed by atoms with van der Waals surface area (Å²) in [5.41, 5.74) is 2.37. The number of benzene rings is 1. The summed E-state index contributed by atoms with van der Waals surface area (Å²) in [5, 5.41) is 0. The normalized spacial score (nSPS) is 19.4. The van der Waals surface area contributed by atoms with Crippen LogP contribution in [0.25, 0.3) is 6.08 Å². The number of hydrogen-bond donors (Lipinski definition) is 0. The van der Waals surface area contributed by atoms with E-state index in [-0.39, 0.29) is 13.0 Å². The fraction of sp³-hybridized carbons (Fsp3) is 0.467. The van der Waals surface area contributed by atoms with Gasteiger partial charge in [0.1, 0.15) is 0 Å².